The van der Waals surface area contributed by atoms with Gasteiger partial charge in [0.1, 0.15) is 0 Å². The Morgan fingerprint density at radius 1 is 1.53 bits per heavy atom. The van der Waals surface area contributed by atoms with E-state index in [-0.39, 0.29) is 17.9 Å². The molecule has 0 spiro atoms. The summed E-state index contributed by atoms with van der Waals surface area (Å²) in [4.78, 5) is 25.2. The van der Waals surface area contributed by atoms with Crippen LogP contribution in [0.2, 0.25) is 0 Å². The third-order valence-corrected chi connectivity index (χ3v) is 3.72. The van der Waals surface area contributed by atoms with E-state index in [4.69, 9.17) is 0 Å². The van der Waals surface area contributed by atoms with Gasteiger partial charge in [0.2, 0.25) is 11.8 Å². The largest absolute Gasteiger partial charge is 0.325 e. The van der Waals surface area contributed by atoms with E-state index >= 15 is 0 Å². The lowest BCUT2D eigenvalue weighted by atomic mass is 10.2. The van der Waals surface area contributed by atoms with Gasteiger partial charge in [-0.2, -0.15) is 11.8 Å². The van der Waals surface area contributed by atoms with Crippen molar-refractivity contribution in [3.63, 3.8) is 0 Å². The molecule has 1 aromatic carbocycles. The van der Waals surface area contributed by atoms with Gasteiger partial charge in [0, 0.05) is 23.8 Å². The maximum atomic E-state index is 11.9. The number of nitrogens with zero attached hydrogens (tertiary/aromatic N) is 1. The lowest BCUT2D eigenvalue weighted by molar-refractivity contribution is -0.117. The first-order valence-corrected chi connectivity index (χ1v) is 7.72. The molecule has 4 nitrogen and oxygen atoms in total. The predicted octanol–water partition coefficient (Wildman–Crippen LogP) is 2.50. The maximum absolute atomic E-state index is 11.9. The zero-order valence-corrected chi connectivity index (χ0v) is 12.0. The molecule has 1 aliphatic heterocycles. The fourth-order valence-electron chi connectivity index (χ4n) is 2.29. The fourth-order valence-corrected chi connectivity index (χ4v) is 2.62. The van der Waals surface area contributed by atoms with E-state index in [1.54, 1.807) is 0 Å². The molecule has 1 unspecified atom stereocenters. The van der Waals surface area contributed by atoms with Crippen LogP contribution in [0.3, 0.4) is 0 Å². The molecule has 2 amide bonds. The summed E-state index contributed by atoms with van der Waals surface area (Å²) in [5.41, 5.74) is 1.60. The number of hydrogen-bond acceptors (Lipinski definition) is 3. The first kappa shape index (κ1) is 13.9. The minimum atomic E-state index is -0.0227. The summed E-state index contributed by atoms with van der Waals surface area (Å²) in [5, 5.41) is 2.84. The Labute approximate surface area is 117 Å². The normalized spacial score (nSPS) is 18.7. The quantitative estimate of drug-likeness (QED) is 0.920. The van der Waals surface area contributed by atoms with Crippen LogP contribution in [0.4, 0.5) is 11.4 Å². The van der Waals surface area contributed by atoms with Crippen LogP contribution < -0.4 is 10.2 Å². The van der Waals surface area contributed by atoms with E-state index in [0.717, 1.165) is 17.8 Å². The van der Waals surface area contributed by atoms with Gasteiger partial charge in [-0.3, -0.25) is 9.59 Å². The van der Waals surface area contributed by atoms with Crippen LogP contribution in [-0.2, 0) is 9.59 Å². The molecule has 1 aliphatic rings. The van der Waals surface area contributed by atoms with Crippen LogP contribution >= 0.6 is 11.8 Å². The van der Waals surface area contributed by atoms with Gasteiger partial charge >= 0.3 is 0 Å². The van der Waals surface area contributed by atoms with Crippen molar-refractivity contribution in [3.05, 3.63) is 24.3 Å². The van der Waals surface area contributed by atoms with Crippen molar-refractivity contribution in [1.82, 2.24) is 0 Å². The Bertz CT molecular complexity index is 490. The predicted molar refractivity (Wildman–Crippen MR) is 79.6 cm³/mol. The third kappa shape index (κ3) is 3.29. The molecule has 0 saturated carbocycles. The average Bonchev–Trinajstić information content (AvgIpc) is 2.69. The summed E-state index contributed by atoms with van der Waals surface area (Å²) in [6.45, 7) is 2.05. The molecule has 1 fully saturated rings. The smallest absolute Gasteiger partial charge is 0.234 e. The number of hydrogen-bond donors (Lipinski definition) is 1. The number of thioether (sulfide) groups is 1. The van der Waals surface area contributed by atoms with E-state index in [1.807, 2.05) is 42.3 Å². The lowest BCUT2D eigenvalue weighted by Gasteiger charge is -2.22. The second-order valence-electron chi connectivity index (χ2n) is 4.68. The number of carbonyl (C=O) groups is 2. The van der Waals surface area contributed by atoms with Crippen molar-refractivity contribution in [1.29, 1.82) is 0 Å². The van der Waals surface area contributed by atoms with Crippen molar-refractivity contribution in [2.75, 3.05) is 22.2 Å². The summed E-state index contributed by atoms with van der Waals surface area (Å²) in [5.74, 6) is 0.564. The Kier molecular flexibility index (Phi) is 4.47. The number of anilines is 2. The monoisotopic (exact) mass is 278 g/mol. The summed E-state index contributed by atoms with van der Waals surface area (Å²) in [6.07, 6.45) is 3.38. The molecule has 5 heteroatoms. The second-order valence-corrected chi connectivity index (χ2v) is 5.55. The lowest BCUT2D eigenvalue weighted by Crippen LogP contribution is -2.30. The molecule has 2 rings (SSSR count). The van der Waals surface area contributed by atoms with Crippen molar-refractivity contribution in [2.45, 2.75) is 25.8 Å². The minimum absolute atomic E-state index is 0.0227. The molecular formula is C14H18N2O2S. The Morgan fingerprint density at radius 2 is 2.32 bits per heavy atom. The molecule has 19 heavy (non-hydrogen) atoms. The van der Waals surface area contributed by atoms with E-state index in [1.165, 1.54) is 11.8 Å². The number of nitrogens with one attached hydrogen (secondary N) is 1. The van der Waals surface area contributed by atoms with Crippen molar-refractivity contribution in [3.8, 4) is 0 Å². The molecule has 1 aromatic rings. The van der Waals surface area contributed by atoms with Crippen LogP contribution in [0.5, 0.6) is 0 Å². The summed E-state index contributed by atoms with van der Waals surface area (Å²) in [6, 6.07) is 7.70. The molecule has 0 bridgehead atoms. The average molecular weight is 278 g/mol. The van der Waals surface area contributed by atoms with Gasteiger partial charge in [0.05, 0.1) is 5.75 Å². The Balaban J connectivity index is 2.15. The molecular weight excluding hydrogens is 260 g/mol. The summed E-state index contributed by atoms with van der Waals surface area (Å²) in [7, 11) is 0. The van der Waals surface area contributed by atoms with Gasteiger partial charge in [-0.15, -0.1) is 0 Å². The van der Waals surface area contributed by atoms with Crippen LogP contribution in [0.1, 0.15) is 19.8 Å². The summed E-state index contributed by atoms with van der Waals surface area (Å²) >= 11 is 1.48. The van der Waals surface area contributed by atoms with Crippen LogP contribution in [-0.4, -0.2) is 29.9 Å². The van der Waals surface area contributed by atoms with E-state index in [0.29, 0.717) is 12.2 Å². The van der Waals surface area contributed by atoms with Gasteiger partial charge in [0.25, 0.3) is 0 Å². The maximum Gasteiger partial charge on any atom is 0.234 e. The third-order valence-electron chi connectivity index (χ3n) is 3.17. The molecule has 1 heterocycles. The Morgan fingerprint density at radius 3 is 2.95 bits per heavy atom. The standard InChI is InChI=1S/C14H18N2O2S/c1-10-6-7-14(18)16(10)12-5-3-4-11(8-12)15-13(17)9-19-2/h3-5,8,10H,6-7,9H2,1-2H3,(H,15,17). The number of amides is 2. The molecule has 1 saturated heterocycles. The van der Waals surface area contributed by atoms with Crippen LogP contribution in [0.25, 0.3) is 0 Å². The number of carbonyl (C=O) groups excluding carboxylic acids is 2. The van der Waals surface area contributed by atoms with Gasteiger partial charge in [-0.05, 0) is 37.8 Å². The number of rotatable bonds is 4. The minimum Gasteiger partial charge on any atom is -0.325 e. The van der Waals surface area contributed by atoms with Gasteiger partial charge in [0.15, 0.2) is 0 Å². The van der Waals surface area contributed by atoms with E-state index < -0.39 is 0 Å². The summed E-state index contributed by atoms with van der Waals surface area (Å²) < 4.78 is 0. The molecule has 1 atom stereocenters. The zero-order chi connectivity index (χ0) is 13.8. The molecule has 102 valence electrons. The molecule has 0 radical (unpaired) electrons. The van der Waals surface area contributed by atoms with Crippen molar-refractivity contribution in [2.24, 2.45) is 0 Å². The van der Waals surface area contributed by atoms with Crippen molar-refractivity contribution < 1.29 is 9.59 Å². The fraction of sp³-hybridized carbons (Fsp3) is 0.429. The highest BCUT2D eigenvalue weighted by Gasteiger charge is 2.28. The SMILES string of the molecule is CSCC(=O)Nc1cccc(N2C(=O)CCC2C)c1. The van der Waals surface area contributed by atoms with Crippen LogP contribution in [0, 0.1) is 0 Å². The number of benzene rings is 1. The van der Waals surface area contributed by atoms with Crippen molar-refractivity contribution >= 4 is 35.0 Å². The first-order chi connectivity index (χ1) is 9.11. The van der Waals surface area contributed by atoms with E-state index in [9.17, 15) is 9.59 Å². The van der Waals surface area contributed by atoms with Crippen LogP contribution in [0.15, 0.2) is 24.3 Å². The van der Waals surface area contributed by atoms with Gasteiger partial charge < -0.3 is 10.2 Å². The second kappa shape index (κ2) is 6.10. The zero-order valence-electron chi connectivity index (χ0n) is 11.2. The highest BCUT2D eigenvalue weighted by atomic mass is 32.2. The molecule has 0 aliphatic carbocycles. The highest BCUT2D eigenvalue weighted by molar-refractivity contribution is 7.99. The Hall–Kier alpha value is -1.49. The molecule has 1 N–H and O–H groups in total. The first-order valence-electron chi connectivity index (χ1n) is 6.32. The van der Waals surface area contributed by atoms with Gasteiger partial charge in [-0.25, -0.2) is 0 Å². The van der Waals surface area contributed by atoms with Gasteiger partial charge in [-0.1, -0.05) is 6.07 Å². The molecule has 0 aromatic heterocycles. The topological polar surface area (TPSA) is 49.4 Å². The van der Waals surface area contributed by atoms with E-state index in [2.05, 4.69) is 5.32 Å². The highest BCUT2D eigenvalue weighted by Crippen LogP contribution is 2.28.